The predicted molar refractivity (Wildman–Crippen MR) is 209 cm³/mol. The van der Waals surface area contributed by atoms with Gasteiger partial charge in [-0.3, -0.25) is 9.13 Å². The number of aliphatic imine (C=N–C) groups is 2. The lowest BCUT2D eigenvalue weighted by molar-refractivity contribution is 0.668. The number of fused-ring (bicyclic) bond motifs is 5. The summed E-state index contributed by atoms with van der Waals surface area (Å²) in [4.78, 5) is 25.8. The molecule has 0 amide bonds. The molecule has 0 radical (unpaired) electrons. The lowest BCUT2D eigenvalue weighted by atomic mass is 10.1. The first-order chi connectivity index (χ1) is 25.8. The second-order valence-corrected chi connectivity index (χ2v) is 12.6. The summed E-state index contributed by atoms with van der Waals surface area (Å²) in [5.41, 5.74) is 7.75. The van der Waals surface area contributed by atoms with Crippen molar-refractivity contribution in [2.75, 3.05) is 0 Å². The Labute approximate surface area is 299 Å². The summed E-state index contributed by atoms with van der Waals surface area (Å²) < 4.78 is 4.36. The summed E-state index contributed by atoms with van der Waals surface area (Å²) in [7, 11) is 0. The Bertz CT molecular complexity index is 2740. The fraction of sp³-hybridized carbons (Fsp3) is 0.0227. The highest BCUT2D eigenvalue weighted by molar-refractivity contribution is 6.24. The van der Waals surface area contributed by atoms with Crippen LogP contribution >= 0.6 is 0 Å². The van der Waals surface area contributed by atoms with Crippen molar-refractivity contribution in [2.45, 2.75) is 6.17 Å². The Hall–Kier alpha value is -7.19. The maximum absolute atomic E-state index is 5.30. The molecule has 9 aromatic rings. The van der Waals surface area contributed by atoms with Crippen LogP contribution in [-0.2, 0) is 0 Å². The van der Waals surface area contributed by atoms with Crippen molar-refractivity contribution >= 4 is 44.6 Å². The van der Waals surface area contributed by atoms with Gasteiger partial charge >= 0.3 is 0 Å². The standard InChI is InChI=1S/C44H30N8/c1-5-17-29(18-6-1)39-45-40(30-19-7-2-8-20-30)48-43(47-39)51-35-27-15-13-25-33(35)38-37(51)34-26-14-16-28-36(34)52(38)44-49-41(31-21-9-3-10-22-31)46-42(50-44)32-23-11-4-12-24-32/h1-28,39H,(H,45,47,48). The van der Waals surface area contributed by atoms with Crippen LogP contribution in [0.3, 0.4) is 0 Å². The van der Waals surface area contributed by atoms with Crippen molar-refractivity contribution in [1.82, 2.24) is 29.4 Å². The monoisotopic (exact) mass is 670 g/mol. The molecule has 8 nitrogen and oxygen atoms in total. The molecule has 4 heterocycles. The molecule has 1 aliphatic rings. The Morgan fingerprint density at radius 2 is 0.904 bits per heavy atom. The number of benzene rings is 6. The van der Waals surface area contributed by atoms with Crippen LogP contribution in [0, 0.1) is 0 Å². The second-order valence-electron chi connectivity index (χ2n) is 12.6. The normalized spacial score (nSPS) is 14.3. The fourth-order valence-corrected chi connectivity index (χ4v) is 7.08. The molecule has 0 saturated carbocycles. The number of amidine groups is 1. The Morgan fingerprint density at radius 3 is 1.48 bits per heavy atom. The van der Waals surface area contributed by atoms with Gasteiger partial charge in [-0.1, -0.05) is 158 Å². The molecule has 0 saturated heterocycles. The van der Waals surface area contributed by atoms with Gasteiger partial charge in [0.15, 0.2) is 11.6 Å². The molecule has 1 atom stereocenters. The molecule has 1 unspecified atom stereocenters. The zero-order valence-electron chi connectivity index (χ0n) is 27.9. The van der Waals surface area contributed by atoms with E-state index in [9.17, 15) is 0 Å². The average molecular weight is 671 g/mol. The third kappa shape index (κ3) is 4.96. The van der Waals surface area contributed by atoms with E-state index in [4.69, 9.17) is 24.9 Å². The number of rotatable bonds is 5. The zero-order chi connectivity index (χ0) is 34.4. The van der Waals surface area contributed by atoms with Gasteiger partial charge in [-0.2, -0.15) is 15.0 Å². The molecule has 246 valence electrons. The third-order valence-corrected chi connectivity index (χ3v) is 9.45. The highest BCUT2D eigenvalue weighted by Gasteiger charge is 2.28. The van der Waals surface area contributed by atoms with Gasteiger partial charge in [0.25, 0.3) is 0 Å². The fourth-order valence-electron chi connectivity index (χ4n) is 7.08. The quantitative estimate of drug-likeness (QED) is 0.198. The molecule has 0 spiro atoms. The van der Waals surface area contributed by atoms with Crippen LogP contribution in [0.5, 0.6) is 0 Å². The highest BCUT2D eigenvalue weighted by Crippen LogP contribution is 2.39. The highest BCUT2D eigenvalue weighted by atomic mass is 15.3. The van der Waals surface area contributed by atoms with Crippen LogP contribution in [0.25, 0.3) is 61.6 Å². The molecule has 8 heteroatoms. The first-order valence-electron chi connectivity index (χ1n) is 17.2. The molecule has 52 heavy (non-hydrogen) atoms. The van der Waals surface area contributed by atoms with E-state index in [1.165, 1.54) is 0 Å². The van der Waals surface area contributed by atoms with E-state index in [0.717, 1.165) is 60.9 Å². The molecule has 0 fully saturated rings. The van der Waals surface area contributed by atoms with Gasteiger partial charge in [0, 0.05) is 27.5 Å². The van der Waals surface area contributed by atoms with E-state index in [0.29, 0.717) is 23.6 Å². The minimum atomic E-state index is -0.348. The Kier molecular flexibility index (Phi) is 7.02. The molecule has 1 aliphatic heterocycles. The van der Waals surface area contributed by atoms with Crippen molar-refractivity contribution in [3.05, 3.63) is 181 Å². The number of aromatic nitrogens is 5. The van der Waals surface area contributed by atoms with E-state index in [-0.39, 0.29) is 6.17 Å². The van der Waals surface area contributed by atoms with Gasteiger partial charge in [0.2, 0.25) is 11.9 Å². The summed E-state index contributed by atoms with van der Waals surface area (Å²) in [6.07, 6.45) is -0.348. The summed E-state index contributed by atoms with van der Waals surface area (Å²) >= 11 is 0. The predicted octanol–water partition coefficient (Wildman–Crippen LogP) is 9.21. The number of nitrogens with zero attached hydrogens (tertiary/aromatic N) is 7. The van der Waals surface area contributed by atoms with Crippen LogP contribution in [0.1, 0.15) is 17.3 Å². The number of hydrogen-bond donors (Lipinski definition) is 1. The van der Waals surface area contributed by atoms with Crippen molar-refractivity contribution in [1.29, 1.82) is 0 Å². The lowest BCUT2D eigenvalue weighted by Crippen LogP contribution is -2.35. The summed E-state index contributed by atoms with van der Waals surface area (Å²) in [6, 6.07) is 57.5. The molecular formula is C44H30N8. The third-order valence-electron chi connectivity index (χ3n) is 9.45. The Morgan fingerprint density at radius 1 is 0.442 bits per heavy atom. The van der Waals surface area contributed by atoms with Crippen LogP contribution in [-0.4, -0.2) is 35.9 Å². The molecule has 0 bridgehead atoms. The molecule has 0 aliphatic carbocycles. The zero-order valence-corrected chi connectivity index (χ0v) is 27.9. The minimum absolute atomic E-state index is 0.348. The average Bonchev–Trinajstić information content (AvgIpc) is 3.75. The Balaban J connectivity index is 1.29. The van der Waals surface area contributed by atoms with Gasteiger partial charge in [0.1, 0.15) is 12.0 Å². The van der Waals surface area contributed by atoms with Crippen LogP contribution in [0.15, 0.2) is 180 Å². The van der Waals surface area contributed by atoms with Crippen LogP contribution in [0.2, 0.25) is 0 Å². The maximum Gasteiger partial charge on any atom is 0.238 e. The van der Waals surface area contributed by atoms with Crippen molar-refractivity contribution in [3.63, 3.8) is 0 Å². The van der Waals surface area contributed by atoms with E-state index in [1.807, 2.05) is 97.1 Å². The van der Waals surface area contributed by atoms with Crippen LogP contribution < -0.4 is 5.32 Å². The molecule has 1 N–H and O–H groups in total. The summed E-state index contributed by atoms with van der Waals surface area (Å²) in [5.74, 6) is 3.08. The van der Waals surface area contributed by atoms with E-state index >= 15 is 0 Å². The van der Waals surface area contributed by atoms with E-state index in [2.05, 4.69) is 87.2 Å². The largest absolute Gasteiger partial charge is 0.344 e. The lowest BCUT2D eigenvalue weighted by Gasteiger charge is -2.24. The van der Waals surface area contributed by atoms with Gasteiger partial charge in [-0.15, -0.1) is 0 Å². The van der Waals surface area contributed by atoms with Crippen molar-refractivity contribution in [3.8, 4) is 28.7 Å². The first-order valence-corrected chi connectivity index (χ1v) is 17.2. The van der Waals surface area contributed by atoms with Gasteiger partial charge in [0.05, 0.1) is 22.1 Å². The topological polar surface area (TPSA) is 85.3 Å². The number of hydrogen-bond acceptors (Lipinski definition) is 6. The van der Waals surface area contributed by atoms with Gasteiger partial charge in [-0.05, 0) is 17.7 Å². The summed E-state index contributed by atoms with van der Waals surface area (Å²) in [5, 5.41) is 5.67. The second kappa shape index (κ2) is 12.3. The molecule has 10 rings (SSSR count). The van der Waals surface area contributed by atoms with E-state index in [1.54, 1.807) is 0 Å². The van der Waals surface area contributed by atoms with Crippen molar-refractivity contribution in [2.24, 2.45) is 9.98 Å². The van der Waals surface area contributed by atoms with Crippen molar-refractivity contribution < 1.29 is 0 Å². The molecule has 6 aromatic carbocycles. The number of nitrogens with one attached hydrogen (secondary N) is 1. The molecule has 3 aromatic heterocycles. The smallest absolute Gasteiger partial charge is 0.238 e. The number of para-hydroxylation sites is 2. The van der Waals surface area contributed by atoms with E-state index < -0.39 is 0 Å². The van der Waals surface area contributed by atoms with Gasteiger partial charge in [-0.25, -0.2) is 9.98 Å². The minimum Gasteiger partial charge on any atom is -0.344 e. The first kappa shape index (κ1) is 29.7. The van der Waals surface area contributed by atoms with Crippen LogP contribution in [0.4, 0.5) is 0 Å². The SMILES string of the molecule is c1ccc(C2=NC(n3c4ccccc4c4c3c3ccccc3n4-c3nc(-c4ccccc4)nc(-c4ccccc4)n3)=NC(c3ccccc3)N2)cc1. The summed E-state index contributed by atoms with van der Waals surface area (Å²) in [6.45, 7) is 0. The maximum atomic E-state index is 5.30. The van der Waals surface area contributed by atoms with Gasteiger partial charge < -0.3 is 5.32 Å². The molecular weight excluding hydrogens is 641 g/mol.